The zero-order valence-electron chi connectivity index (χ0n) is 6.83. The molecule has 0 aliphatic rings. The molecular weight excluding hydrogens is 134 g/mol. The first-order valence-corrected chi connectivity index (χ1v) is 3.57. The molecule has 62 valence electrons. The molecule has 0 aliphatic heterocycles. The molecule has 1 rings (SSSR count). The van der Waals surface area contributed by atoms with Gasteiger partial charge in [-0.25, -0.2) is 4.57 Å². The Morgan fingerprint density at radius 3 is 1.64 bits per heavy atom. The predicted molar refractivity (Wildman–Crippen MR) is 48.4 cm³/mol. The lowest BCUT2D eigenvalue weighted by Crippen LogP contribution is -2.49. The molecule has 1 heteroatoms. The smallest absolute Gasteiger partial charge is 0.169 e. The van der Waals surface area contributed by atoms with Crippen molar-refractivity contribution < 1.29 is 4.57 Å². The van der Waals surface area contributed by atoms with E-state index in [1.54, 1.807) is 0 Å². The van der Waals surface area contributed by atoms with Gasteiger partial charge in [-0.2, -0.15) is 0 Å². The first kappa shape index (κ1) is 10.2. The van der Waals surface area contributed by atoms with Crippen LogP contribution in [0.1, 0.15) is 28.2 Å². The third kappa shape index (κ3) is 2.71. The van der Waals surface area contributed by atoms with Gasteiger partial charge in [-0.1, -0.05) is 13.5 Å². The maximum Gasteiger partial charge on any atom is 0.169 e. The van der Waals surface area contributed by atoms with Crippen LogP contribution in [-0.4, -0.2) is 0 Å². The molecule has 0 N–H and O–H groups in total. The average Bonchev–Trinajstić information content (AvgIpc) is 1.88. The standard InChI is InChI=1S/C9H14N.CH4/c1-9(2,3)10-7-5-4-6-8-10;/h4-8H,1-3H3;1H4/q+1;. The van der Waals surface area contributed by atoms with Gasteiger partial charge in [0.15, 0.2) is 17.9 Å². The fraction of sp³-hybridized carbons (Fsp3) is 0.500. The van der Waals surface area contributed by atoms with Crippen molar-refractivity contribution in [2.75, 3.05) is 0 Å². The minimum absolute atomic E-state index is 0. The monoisotopic (exact) mass is 152 g/mol. The second-order valence-corrected chi connectivity index (χ2v) is 3.45. The number of hydrogen-bond donors (Lipinski definition) is 0. The van der Waals surface area contributed by atoms with Crippen LogP contribution in [0.3, 0.4) is 0 Å². The summed E-state index contributed by atoms with van der Waals surface area (Å²) in [6, 6.07) is 6.12. The second kappa shape index (κ2) is 3.51. The fourth-order valence-electron chi connectivity index (χ4n) is 0.846. The van der Waals surface area contributed by atoms with Crippen LogP contribution in [0.4, 0.5) is 0 Å². The Morgan fingerprint density at radius 2 is 1.36 bits per heavy atom. The topological polar surface area (TPSA) is 3.88 Å². The highest BCUT2D eigenvalue weighted by molar-refractivity contribution is 4.84. The van der Waals surface area contributed by atoms with E-state index in [-0.39, 0.29) is 13.0 Å². The van der Waals surface area contributed by atoms with E-state index in [9.17, 15) is 0 Å². The Hall–Kier alpha value is -0.850. The molecule has 0 aliphatic carbocycles. The lowest BCUT2D eigenvalue weighted by Gasteiger charge is -2.11. The largest absolute Gasteiger partial charge is 0.201 e. The summed E-state index contributed by atoms with van der Waals surface area (Å²) >= 11 is 0. The van der Waals surface area contributed by atoms with E-state index in [0.29, 0.717) is 0 Å². The van der Waals surface area contributed by atoms with Crippen LogP contribution in [0.5, 0.6) is 0 Å². The molecule has 11 heavy (non-hydrogen) atoms. The lowest BCUT2D eigenvalue weighted by atomic mass is 10.1. The Labute approximate surface area is 69.7 Å². The summed E-state index contributed by atoms with van der Waals surface area (Å²) in [7, 11) is 0. The van der Waals surface area contributed by atoms with Crippen molar-refractivity contribution in [2.45, 2.75) is 33.7 Å². The molecule has 1 aromatic heterocycles. The van der Waals surface area contributed by atoms with E-state index in [1.165, 1.54) is 0 Å². The Kier molecular flexibility index (Phi) is 3.24. The SMILES string of the molecule is C.CC(C)(C)[n+]1ccccc1. The highest BCUT2D eigenvalue weighted by Gasteiger charge is 2.19. The van der Waals surface area contributed by atoms with Gasteiger partial charge < -0.3 is 0 Å². The van der Waals surface area contributed by atoms with E-state index in [1.807, 2.05) is 18.2 Å². The molecule has 0 saturated heterocycles. The Bertz CT molecular complexity index is 196. The molecule has 1 aromatic rings. The van der Waals surface area contributed by atoms with E-state index >= 15 is 0 Å². The molecule has 0 atom stereocenters. The van der Waals surface area contributed by atoms with Gasteiger partial charge in [0.2, 0.25) is 0 Å². The first-order valence-electron chi connectivity index (χ1n) is 3.57. The minimum Gasteiger partial charge on any atom is -0.201 e. The van der Waals surface area contributed by atoms with E-state index < -0.39 is 0 Å². The zero-order valence-corrected chi connectivity index (χ0v) is 6.83. The molecule has 0 radical (unpaired) electrons. The molecule has 1 nitrogen and oxygen atoms in total. The fourth-order valence-corrected chi connectivity index (χ4v) is 0.846. The average molecular weight is 152 g/mol. The highest BCUT2D eigenvalue weighted by Crippen LogP contribution is 2.01. The lowest BCUT2D eigenvalue weighted by molar-refractivity contribution is -0.754. The summed E-state index contributed by atoms with van der Waals surface area (Å²) < 4.78 is 2.19. The number of pyridine rings is 1. The van der Waals surface area contributed by atoms with E-state index in [0.717, 1.165) is 0 Å². The summed E-state index contributed by atoms with van der Waals surface area (Å²) in [5.74, 6) is 0. The maximum absolute atomic E-state index is 2.19. The summed E-state index contributed by atoms with van der Waals surface area (Å²) in [6.07, 6.45) is 4.17. The van der Waals surface area contributed by atoms with Gasteiger partial charge in [0.25, 0.3) is 0 Å². The van der Waals surface area contributed by atoms with E-state index in [4.69, 9.17) is 0 Å². The quantitative estimate of drug-likeness (QED) is 0.502. The van der Waals surface area contributed by atoms with Crippen LogP contribution in [0.15, 0.2) is 30.6 Å². The Balaban J connectivity index is 0.000001000. The van der Waals surface area contributed by atoms with Crippen LogP contribution >= 0.6 is 0 Å². The molecule has 0 bridgehead atoms. The molecule has 0 amide bonds. The van der Waals surface area contributed by atoms with Crippen LogP contribution in [-0.2, 0) is 5.54 Å². The molecule has 0 spiro atoms. The first-order chi connectivity index (χ1) is 4.61. The third-order valence-corrected chi connectivity index (χ3v) is 1.49. The molecule has 1 heterocycles. The van der Waals surface area contributed by atoms with Gasteiger partial charge in [-0.3, -0.25) is 0 Å². The predicted octanol–water partition coefficient (Wildman–Crippen LogP) is 2.37. The number of nitrogens with zero attached hydrogens (tertiary/aromatic N) is 1. The van der Waals surface area contributed by atoms with Crippen molar-refractivity contribution in [3.8, 4) is 0 Å². The van der Waals surface area contributed by atoms with Crippen molar-refractivity contribution in [3.05, 3.63) is 30.6 Å². The Morgan fingerprint density at radius 1 is 0.909 bits per heavy atom. The number of aromatic nitrogens is 1. The van der Waals surface area contributed by atoms with Gasteiger partial charge in [0, 0.05) is 32.9 Å². The summed E-state index contributed by atoms with van der Waals surface area (Å²) in [5.41, 5.74) is 0.210. The molecular formula is C10H18N+. The molecule has 0 aromatic carbocycles. The zero-order chi connectivity index (χ0) is 7.61. The summed E-state index contributed by atoms with van der Waals surface area (Å²) in [4.78, 5) is 0. The summed E-state index contributed by atoms with van der Waals surface area (Å²) in [5, 5.41) is 0. The van der Waals surface area contributed by atoms with Crippen molar-refractivity contribution >= 4 is 0 Å². The van der Waals surface area contributed by atoms with Crippen LogP contribution in [0.25, 0.3) is 0 Å². The van der Waals surface area contributed by atoms with Crippen molar-refractivity contribution in [1.82, 2.24) is 0 Å². The highest BCUT2D eigenvalue weighted by atomic mass is 15.0. The van der Waals surface area contributed by atoms with Crippen molar-refractivity contribution in [2.24, 2.45) is 0 Å². The van der Waals surface area contributed by atoms with Gasteiger partial charge >= 0.3 is 0 Å². The molecule has 0 saturated carbocycles. The van der Waals surface area contributed by atoms with Crippen molar-refractivity contribution in [1.29, 1.82) is 0 Å². The minimum atomic E-state index is 0. The normalized spacial score (nSPS) is 10.5. The molecule has 0 fully saturated rings. The van der Waals surface area contributed by atoms with E-state index in [2.05, 4.69) is 37.7 Å². The van der Waals surface area contributed by atoms with Gasteiger partial charge in [-0.15, -0.1) is 0 Å². The van der Waals surface area contributed by atoms with Gasteiger partial charge in [0.1, 0.15) is 0 Å². The van der Waals surface area contributed by atoms with Crippen LogP contribution in [0.2, 0.25) is 0 Å². The van der Waals surface area contributed by atoms with Crippen LogP contribution in [0, 0.1) is 0 Å². The molecule has 0 unspecified atom stereocenters. The second-order valence-electron chi connectivity index (χ2n) is 3.45. The van der Waals surface area contributed by atoms with Gasteiger partial charge in [-0.05, 0) is 0 Å². The van der Waals surface area contributed by atoms with Crippen LogP contribution < -0.4 is 4.57 Å². The van der Waals surface area contributed by atoms with Gasteiger partial charge in [0.05, 0.1) is 0 Å². The number of hydrogen-bond acceptors (Lipinski definition) is 0. The van der Waals surface area contributed by atoms with Crippen molar-refractivity contribution in [3.63, 3.8) is 0 Å². The number of rotatable bonds is 0. The maximum atomic E-state index is 2.19. The summed E-state index contributed by atoms with van der Waals surface area (Å²) in [6.45, 7) is 6.56. The third-order valence-electron chi connectivity index (χ3n) is 1.49.